The van der Waals surface area contributed by atoms with Crippen LogP contribution in [0, 0.1) is 5.92 Å². The maximum absolute atomic E-state index is 13.7. The third kappa shape index (κ3) is 7.27. The number of aromatic amines is 2. The van der Waals surface area contributed by atoms with Crippen LogP contribution in [0.2, 0.25) is 0 Å². The van der Waals surface area contributed by atoms with E-state index >= 15 is 0 Å². The molecule has 11 heteroatoms. The molecule has 6 aromatic rings. The summed E-state index contributed by atoms with van der Waals surface area (Å²) in [4.78, 5) is 60.3. The van der Waals surface area contributed by atoms with Crippen LogP contribution in [0.5, 0.6) is 0 Å². The Bertz CT molecular complexity index is 2540. The Kier molecular flexibility index (Phi) is 10.3. The van der Waals surface area contributed by atoms with Crippen molar-refractivity contribution in [1.29, 1.82) is 0 Å². The number of amides is 3. The van der Waals surface area contributed by atoms with Crippen molar-refractivity contribution in [2.75, 3.05) is 20.2 Å². The van der Waals surface area contributed by atoms with E-state index in [1.165, 1.54) is 18.2 Å². The van der Waals surface area contributed by atoms with E-state index in [0.29, 0.717) is 6.54 Å². The fourth-order valence-corrected chi connectivity index (χ4v) is 9.35. The molecule has 4 atom stereocenters. The molecule has 2 fully saturated rings. The first-order valence-corrected chi connectivity index (χ1v) is 21.0. The standard InChI is InChI=1S/C48H51N7O4/c1-28(2)42(53-48(58)59-4)47(57)55-23-9-13-41(55)45-50-38-21-19-35-25-34(18-20-37(35)43(38)52-45)31-14-15-33-26-36(17-16-32(33)24-31)39-27-49-44(51-39)40-12-8-22-54(40)46(56)29(3)30-10-6-5-7-11-30/h5-7,10-11,14-18,20,24-29,40-42H,8-9,12-13,19,21-23H2,1-4H3,(H,49,51)(H,50,52)(H,53,58)/t29-,40+,41+,42+/m1/s1. The van der Waals surface area contributed by atoms with Crippen LogP contribution in [0.4, 0.5) is 4.79 Å². The Hall–Kier alpha value is -6.23. The van der Waals surface area contributed by atoms with Gasteiger partial charge < -0.3 is 29.8 Å². The predicted molar refractivity (Wildman–Crippen MR) is 228 cm³/mol. The van der Waals surface area contributed by atoms with Crippen molar-refractivity contribution in [3.05, 3.63) is 120 Å². The number of carbonyl (C=O) groups is 3. The minimum absolute atomic E-state index is 0.0573. The zero-order chi connectivity index (χ0) is 40.8. The van der Waals surface area contributed by atoms with Crippen LogP contribution in [0.3, 0.4) is 0 Å². The van der Waals surface area contributed by atoms with Gasteiger partial charge in [0.2, 0.25) is 11.8 Å². The number of likely N-dealkylation sites (tertiary alicyclic amines) is 2. The molecule has 3 aliphatic rings. The molecule has 4 aromatic carbocycles. The maximum Gasteiger partial charge on any atom is 0.407 e. The molecule has 0 unspecified atom stereocenters. The van der Waals surface area contributed by atoms with Crippen molar-refractivity contribution in [2.24, 2.45) is 5.92 Å². The molecule has 0 saturated carbocycles. The van der Waals surface area contributed by atoms with Crippen LogP contribution in [-0.2, 0) is 27.2 Å². The van der Waals surface area contributed by atoms with E-state index in [2.05, 4.69) is 69.9 Å². The number of carbonyl (C=O) groups excluding carboxylic acids is 3. The van der Waals surface area contributed by atoms with Crippen LogP contribution in [0.25, 0.3) is 44.4 Å². The highest BCUT2D eigenvalue weighted by Gasteiger charge is 2.39. The molecule has 3 N–H and O–H groups in total. The van der Waals surface area contributed by atoms with Gasteiger partial charge in [-0.25, -0.2) is 14.8 Å². The van der Waals surface area contributed by atoms with Crippen molar-refractivity contribution >= 4 is 28.7 Å². The van der Waals surface area contributed by atoms with E-state index in [-0.39, 0.29) is 35.7 Å². The third-order valence-corrected chi connectivity index (χ3v) is 12.6. The van der Waals surface area contributed by atoms with Crippen LogP contribution in [0.15, 0.2) is 91.1 Å². The summed E-state index contributed by atoms with van der Waals surface area (Å²) in [5.74, 6) is 1.39. The van der Waals surface area contributed by atoms with Gasteiger partial charge in [-0.2, -0.15) is 0 Å². The average Bonchev–Trinajstić information content (AvgIpc) is 4.11. The van der Waals surface area contributed by atoms with Crippen molar-refractivity contribution in [3.63, 3.8) is 0 Å². The van der Waals surface area contributed by atoms with Gasteiger partial charge in [0.05, 0.1) is 48.4 Å². The number of H-pyrrole nitrogens is 2. The summed E-state index contributed by atoms with van der Waals surface area (Å²) >= 11 is 0. The first-order valence-electron chi connectivity index (χ1n) is 21.0. The van der Waals surface area contributed by atoms with Crippen molar-refractivity contribution < 1.29 is 19.1 Å². The molecule has 59 heavy (non-hydrogen) atoms. The molecule has 2 saturated heterocycles. The first-order chi connectivity index (χ1) is 28.7. The van der Waals surface area contributed by atoms with Gasteiger partial charge in [-0.1, -0.05) is 86.6 Å². The maximum atomic E-state index is 13.7. The number of aryl methyl sites for hydroxylation is 2. The summed E-state index contributed by atoms with van der Waals surface area (Å²) in [6.45, 7) is 7.21. The second-order valence-corrected chi connectivity index (χ2v) is 16.6. The Morgan fingerprint density at radius 1 is 0.763 bits per heavy atom. The fourth-order valence-electron chi connectivity index (χ4n) is 9.35. The number of rotatable bonds is 9. The van der Waals surface area contributed by atoms with E-state index in [1.807, 2.05) is 67.1 Å². The number of methoxy groups -OCH3 is 1. The summed E-state index contributed by atoms with van der Waals surface area (Å²) in [5.41, 5.74) is 9.85. The summed E-state index contributed by atoms with van der Waals surface area (Å²) in [6, 6.07) is 28.9. The first kappa shape index (κ1) is 38.3. The van der Waals surface area contributed by atoms with Crippen LogP contribution < -0.4 is 5.32 Å². The fraction of sp³-hybridized carbons (Fsp3) is 0.354. The molecule has 302 valence electrons. The summed E-state index contributed by atoms with van der Waals surface area (Å²) in [6.07, 6.45) is 6.54. The molecular weight excluding hydrogens is 739 g/mol. The molecule has 0 spiro atoms. The molecule has 4 heterocycles. The Labute approximate surface area is 344 Å². The van der Waals surface area contributed by atoms with Gasteiger partial charge in [-0.3, -0.25) is 9.59 Å². The lowest BCUT2D eigenvalue weighted by molar-refractivity contribution is -0.135. The van der Waals surface area contributed by atoms with Crippen LogP contribution in [0.1, 0.15) is 92.9 Å². The summed E-state index contributed by atoms with van der Waals surface area (Å²) < 4.78 is 4.80. The lowest BCUT2D eigenvalue weighted by Gasteiger charge is -2.30. The quantitative estimate of drug-likeness (QED) is 0.134. The van der Waals surface area contributed by atoms with Gasteiger partial charge in [0, 0.05) is 24.2 Å². The van der Waals surface area contributed by atoms with E-state index in [1.54, 1.807) is 0 Å². The van der Waals surface area contributed by atoms with E-state index in [0.717, 1.165) is 107 Å². The summed E-state index contributed by atoms with van der Waals surface area (Å²) in [7, 11) is 1.31. The van der Waals surface area contributed by atoms with Crippen molar-refractivity contribution in [1.82, 2.24) is 35.1 Å². The Balaban J connectivity index is 0.907. The molecule has 2 aliphatic heterocycles. The SMILES string of the molecule is COC(=O)N[C@H](C(=O)N1CCC[C@H]1c1nc2c([nH]1)-c1ccc(-c3ccc4cc(-c5cnc([C@@H]6CCCN6C(=O)[C@H](C)c6ccccc6)[nH]5)ccc4c3)cc1CC2)C(C)C. The second-order valence-electron chi connectivity index (χ2n) is 16.6. The van der Waals surface area contributed by atoms with Gasteiger partial charge in [0.25, 0.3) is 0 Å². The smallest absolute Gasteiger partial charge is 0.407 e. The molecule has 9 rings (SSSR count). The van der Waals surface area contributed by atoms with E-state index in [9.17, 15) is 14.4 Å². The lowest BCUT2D eigenvalue weighted by Crippen LogP contribution is -2.51. The number of imidazole rings is 2. The molecule has 2 aromatic heterocycles. The third-order valence-electron chi connectivity index (χ3n) is 12.6. The van der Waals surface area contributed by atoms with E-state index in [4.69, 9.17) is 14.7 Å². The number of benzene rings is 4. The number of hydrogen-bond acceptors (Lipinski definition) is 6. The van der Waals surface area contributed by atoms with Gasteiger partial charge in [-0.15, -0.1) is 0 Å². The average molecular weight is 790 g/mol. The van der Waals surface area contributed by atoms with Crippen molar-refractivity contribution in [2.45, 2.75) is 83.3 Å². The van der Waals surface area contributed by atoms with Crippen LogP contribution in [-0.4, -0.2) is 73.9 Å². The highest BCUT2D eigenvalue weighted by atomic mass is 16.5. The summed E-state index contributed by atoms with van der Waals surface area (Å²) in [5, 5.41) is 5.04. The molecule has 0 radical (unpaired) electrons. The number of ether oxygens (including phenoxy) is 1. The number of aromatic nitrogens is 4. The molecule has 11 nitrogen and oxygen atoms in total. The largest absolute Gasteiger partial charge is 0.453 e. The molecular formula is C48H51N7O4. The number of nitrogens with zero attached hydrogens (tertiary/aromatic N) is 4. The molecule has 1 aliphatic carbocycles. The van der Waals surface area contributed by atoms with E-state index < -0.39 is 12.1 Å². The monoisotopic (exact) mass is 789 g/mol. The highest BCUT2D eigenvalue weighted by molar-refractivity contribution is 5.91. The zero-order valence-electron chi connectivity index (χ0n) is 34.1. The Morgan fingerprint density at radius 3 is 2.15 bits per heavy atom. The van der Waals surface area contributed by atoms with Gasteiger partial charge >= 0.3 is 6.09 Å². The lowest BCUT2D eigenvalue weighted by atomic mass is 9.89. The van der Waals surface area contributed by atoms with Gasteiger partial charge in [-0.05, 0) is 96.5 Å². The number of alkyl carbamates (subject to hydrolysis) is 1. The Morgan fingerprint density at radius 2 is 1.42 bits per heavy atom. The zero-order valence-corrected chi connectivity index (χ0v) is 34.1. The van der Waals surface area contributed by atoms with Crippen LogP contribution >= 0.6 is 0 Å². The highest BCUT2D eigenvalue weighted by Crippen LogP contribution is 2.40. The van der Waals surface area contributed by atoms with Gasteiger partial charge in [0.15, 0.2) is 0 Å². The number of hydrogen-bond donors (Lipinski definition) is 3. The number of fused-ring (bicyclic) bond motifs is 4. The van der Waals surface area contributed by atoms with Crippen molar-refractivity contribution in [3.8, 4) is 33.6 Å². The predicted octanol–water partition coefficient (Wildman–Crippen LogP) is 8.90. The minimum Gasteiger partial charge on any atom is -0.453 e. The minimum atomic E-state index is -0.671. The topological polar surface area (TPSA) is 136 Å². The second kappa shape index (κ2) is 15.8. The molecule has 0 bridgehead atoms. The molecule has 3 amide bonds. The van der Waals surface area contributed by atoms with Gasteiger partial charge in [0.1, 0.15) is 17.7 Å². The number of nitrogens with one attached hydrogen (secondary N) is 3. The normalized spacial score (nSPS) is 18.5.